The Morgan fingerprint density at radius 2 is 0.512 bits per heavy atom. The SMILES string of the molecule is CC(=O)SCCCCCc1ccc(-c2c3nc(c(-c4ccc(CCCCCSC(C)=O)cc4)c4ccc([nH]4)c(-c4ccc(CCCCCSC(C)=O)cc4)c4nc(c(-c5ccc(CCCCCSC(C)=O)cc5)c5ccc2[nH]5)C=C4)C=C3)cc1. The van der Waals surface area contributed by atoms with Crippen LogP contribution in [0.25, 0.3) is 90.9 Å². The third-order valence-electron chi connectivity index (χ3n) is 15.4. The Labute approximate surface area is 513 Å². The fourth-order valence-corrected chi connectivity index (χ4v) is 13.6. The van der Waals surface area contributed by atoms with E-state index in [0.29, 0.717) is 0 Å². The Morgan fingerprint density at radius 3 is 0.714 bits per heavy atom. The summed E-state index contributed by atoms with van der Waals surface area (Å²) in [6.45, 7) is 6.57. The highest BCUT2D eigenvalue weighted by Crippen LogP contribution is 2.39. The van der Waals surface area contributed by atoms with Crippen molar-refractivity contribution in [2.75, 3.05) is 23.0 Å². The summed E-state index contributed by atoms with van der Waals surface area (Å²) in [5.41, 5.74) is 20.7. The molecule has 5 heterocycles. The van der Waals surface area contributed by atoms with Crippen molar-refractivity contribution in [1.29, 1.82) is 0 Å². The van der Waals surface area contributed by atoms with Gasteiger partial charge in [-0.15, -0.1) is 0 Å². The van der Waals surface area contributed by atoms with Gasteiger partial charge in [-0.2, -0.15) is 0 Å². The Balaban J connectivity index is 1.17. The van der Waals surface area contributed by atoms with Crippen molar-refractivity contribution in [2.24, 2.45) is 0 Å². The molecule has 434 valence electrons. The summed E-state index contributed by atoms with van der Waals surface area (Å²) in [5, 5.41) is 0.729. The molecule has 0 aliphatic carbocycles. The van der Waals surface area contributed by atoms with Gasteiger partial charge in [0.15, 0.2) is 20.5 Å². The second-order valence-electron chi connectivity index (χ2n) is 21.9. The predicted octanol–water partition coefficient (Wildman–Crippen LogP) is 19.3. The van der Waals surface area contributed by atoms with Crippen molar-refractivity contribution in [3.05, 3.63) is 166 Å². The lowest BCUT2D eigenvalue weighted by atomic mass is 10.00. The molecule has 8 bridgehead atoms. The first kappa shape index (κ1) is 62.1. The largest absolute Gasteiger partial charge is 0.354 e. The van der Waals surface area contributed by atoms with E-state index in [1.54, 1.807) is 27.7 Å². The van der Waals surface area contributed by atoms with Crippen LogP contribution in [0.4, 0.5) is 0 Å². The third-order valence-corrected chi connectivity index (χ3v) is 19.0. The van der Waals surface area contributed by atoms with E-state index < -0.39 is 0 Å². The maximum absolute atomic E-state index is 11.5. The second-order valence-corrected chi connectivity index (χ2v) is 27.0. The molecule has 0 saturated carbocycles. The summed E-state index contributed by atoms with van der Waals surface area (Å²) >= 11 is 5.66. The Morgan fingerprint density at radius 1 is 0.298 bits per heavy atom. The van der Waals surface area contributed by atoms with E-state index in [9.17, 15) is 19.2 Å². The quantitative estimate of drug-likeness (QED) is 0.0458. The molecule has 0 unspecified atom stereocenters. The van der Waals surface area contributed by atoms with Crippen LogP contribution in [0, 0.1) is 0 Å². The molecule has 7 aromatic rings. The lowest BCUT2D eigenvalue weighted by Gasteiger charge is -2.09. The molecule has 9 rings (SSSR count). The molecule has 4 aromatic carbocycles. The molecule has 0 atom stereocenters. The molecule has 0 radical (unpaired) electrons. The molecule has 0 spiro atoms. The van der Waals surface area contributed by atoms with Crippen molar-refractivity contribution in [2.45, 2.75) is 130 Å². The molecule has 84 heavy (non-hydrogen) atoms. The summed E-state index contributed by atoms with van der Waals surface area (Å²) in [7, 11) is 0. The monoisotopic (exact) mass is 1190 g/mol. The normalized spacial score (nSPS) is 11.9. The number of hydrogen-bond donors (Lipinski definition) is 2. The van der Waals surface area contributed by atoms with Gasteiger partial charge in [0.1, 0.15) is 0 Å². The maximum Gasteiger partial charge on any atom is 0.185 e. The molecule has 2 N–H and O–H groups in total. The highest BCUT2D eigenvalue weighted by atomic mass is 32.2. The predicted molar refractivity (Wildman–Crippen MR) is 363 cm³/mol. The second kappa shape index (κ2) is 31.6. The van der Waals surface area contributed by atoms with Crippen molar-refractivity contribution in [3.8, 4) is 44.5 Å². The number of thioether (sulfide) groups is 4. The highest BCUT2D eigenvalue weighted by Gasteiger charge is 2.20. The van der Waals surface area contributed by atoms with Crippen LogP contribution in [-0.4, -0.2) is 63.4 Å². The summed E-state index contributed by atoms with van der Waals surface area (Å²) < 4.78 is 0. The Hall–Kier alpha value is -6.44. The zero-order valence-corrected chi connectivity index (χ0v) is 52.4. The molecular weight excluding hydrogens is 1110 g/mol. The van der Waals surface area contributed by atoms with Crippen LogP contribution in [0.5, 0.6) is 0 Å². The number of hydrogen-bond acceptors (Lipinski definition) is 10. The van der Waals surface area contributed by atoms with Crippen LogP contribution >= 0.6 is 47.0 Å². The molecule has 8 nitrogen and oxygen atoms in total. The van der Waals surface area contributed by atoms with E-state index in [2.05, 4.69) is 156 Å². The number of aryl methyl sites for hydroxylation is 4. The highest BCUT2D eigenvalue weighted by molar-refractivity contribution is 8.14. The molecule has 0 amide bonds. The first-order valence-electron chi connectivity index (χ1n) is 30.0. The van der Waals surface area contributed by atoms with Gasteiger partial charge in [0, 0.05) is 95.0 Å². The average Bonchev–Trinajstić information content (AvgIpc) is 2.33. The topological polar surface area (TPSA) is 126 Å². The standard InChI is InChI=1S/C72H78N4O4S4/c1-49(77)81-45-13-5-9-17-53-21-29-57(30-22-53)69-61-37-39-63(73-61)70(58-31-23-54(24-32-58)18-10-6-14-46-82-50(2)78)65-41-43-67(75-65)72(60-35-27-56(28-36-60)20-12-8-16-48-84-52(4)80)68-44-42-66(76-68)71(64-40-38-62(69)74-64)59-33-25-55(26-34-59)19-11-7-15-47-83-51(3)79/h21-44,73,76H,5-20,45-48H2,1-4H3. The number of benzene rings is 4. The van der Waals surface area contributed by atoms with Crippen molar-refractivity contribution >= 4 is 114 Å². The fourth-order valence-electron chi connectivity index (χ4n) is 11.1. The summed E-state index contributed by atoms with van der Waals surface area (Å²) in [5.74, 6) is 3.49. The number of aromatic nitrogens is 4. The number of nitrogens with one attached hydrogen (secondary N) is 2. The van der Waals surface area contributed by atoms with Crippen LogP contribution in [0.2, 0.25) is 0 Å². The Bertz CT molecular complexity index is 3170. The van der Waals surface area contributed by atoms with Crippen LogP contribution in [0.15, 0.2) is 121 Å². The lowest BCUT2D eigenvalue weighted by Crippen LogP contribution is -1.92. The zero-order chi connectivity index (χ0) is 58.6. The number of fused-ring (bicyclic) bond motifs is 8. The van der Waals surface area contributed by atoms with E-state index >= 15 is 0 Å². The number of unbranched alkanes of at least 4 members (excludes halogenated alkanes) is 8. The number of carbonyl (C=O) groups is 4. The van der Waals surface area contributed by atoms with Gasteiger partial charge >= 0.3 is 0 Å². The number of rotatable bonds is 28. The maximum atomic E-state index is 11.5. The van der Waals surface area contributed by atoms with Gasteiger partial charge in [0.2, 0.25) is 0 Å². The number of aromatic amines is 2. The smallest absolute Gasteiger partial charge is 0.185 e. The van der Waals surface area contributed by atoms with Gasteiger partial charge < -0.3 is 9.97 Å². The summed E-state index contributed by atoms with van der Waals surface area (Å²) in [6.07, 6.45) is 25.3. The van der Waals surface area contributed by atoms with E-state index in [4.69, 9.17) is 9.97 Å². The minimum absolute atomic E-state index is 0.182. The number of H-pyrrole nitrogens is 2. The first-order valence-corrected chi connectivity index (χ1v) is 34.0. The van der Waals surface area contributed by atoms with Gasteiger partial charge in [0.25, 0.3) is 0 Å². The van der Waals surface area contributed by atoms with Gasteiger partial charge in [-0.1, -0.05) is 170 Å². The number of carbonyl (C=O) groups excluding carboxylic acids is 4. The van der Waals surface area contributed by atoms with E-state index in [-0.39, 0.29) is 20.5 Å². The molecule has 2 aliphatic heterocycles. The van der Waals surface area contributed by atoms with Gasteiger partial charge in [0.05, 0.1) is 22.8 Å². The summed E-state index contributed by atoms with van der Waals surface area (Å²) in [6, 6.07) is 44.7. The van der Waals surface area contributed by atoms with Crippen LogP contribution < -0.4 is 0 Å². The molecule has 2 aliphatic rings. The van der Waals surface area contributed by atoms with Gasteiger partial charge in [-0.05, 0) is 170 Å². The van der Waals surface area contributed by atoms with Gasteiger partial charge in [-0.3, -0.25) is 19.2 Å². The van der Waals surface area contributed by atoms with E-state index in [1.807, 2.05) is 0 Å². The number of nitrogens with zero attached hydrogens (tertiary/aromatic N) is 2. The average molecular weight is 1190 g/mol. The van der Waals surface area contributed by atoms with Crippen LogP contribution in [0.1, 0.15) is 150 Å². The third kappa shape index (κ3) is 17.8. The van der Waals surface area contributed by atoms with E-state index in [0.717, 1.165) is 215 Å². The van der Waals surface area contributed by atoms with E-state index in [1.165, 1.54) is 69.3 Å². The molecular formula is C72H78N4O4S4. The summed E-state index contributed by atoms with van der Waals surface area (Å²) in [4.78, 5) is 65.1. The minimum atomic E-state index is 0.182. The molecule has 0 fully saturated rings. The minimum Gasteiger partial charge on any atom is -0.354 e. The van der Waals surface area contributed by atoms with Crippen LogP contribution in [-0.2, 0) is 44.9 Å². The first-order chi connectivity index (χ1) is 40.9. The molecule has 0 saturated heterocycles. The Kier molecular flexibility index (Phi) is 23.4. The fraction of sp³-hybridized carbons (Fsp3) is 0.333. The van der Waals surface area contributed by atoms with Crippen molar-refractivity contribution < 1.29 is 19.2 Å². The molecule has 12 heteroatoms. The van der Waals surface area contributed by atoms with Gasteiger partial charge in [-0.25, -0.2) is 9.97 Å². The van der Waals surface area contributed by atoms with Crippen LogP contribution in [0.3, 0.4) is 0 Å². The van der Waals surface area contributed by atoms with Crippen molar-refractivity contribution in [3.63, 3.8) is 0 Å². The van der Waals surface area contributed by atoms with Crippen molar-refractivity contribution in [1.82, 2.24) is 19.9 Å². The molecule has 3 aromatic heterocycles. The zero-order valence-electron chi connectivity index (χ0n) is 49.2. The lowest BCUT2D eigenvalue weighted by molar-refractivity contribution is -0.109.